The Labute approximate surface area is 174 Å². The van der Waals surface area contributed by atoms with Crippen LogP contribution in [0.15, 0.2) is 60.7 Å². The van der Waals surface area contributed by atoms with Gasteiger partial charge in [0.25, 0.3) is 0 Å². The summed E-state index contributed by atoms with van der Waals surface area (Å²) in [7, 11) is 0. The first-order chi connectivity index (χ1) is 13.9. The maximum Gasteiger partial charge on any atom is 0.350 e. The fraction of sp³-hybridized carbons (Fsp3) is 0.286. The number of anilines is 1. The molecule has 0 spiro atoms. The molecule has 2 atom stereocenters. The number of carboxylic acids is 2. The molecule has 154 valence electrons. The fourth-order valence-electron chi connectivity index (χ4n) is 2.88. The van der Waals surface area contributed by atoms with Crippen LogP contribution >= 0.6 is 12.6 Å². The topological polar surface area (TPSA) is 116 Å². The van der Waals surface area contributed by atoms with Gasteiger partial charge in [0.05, 0.1) is 5.92 Å². The Kier molecular flexibility index (Phi) is 8.09. The highest BCUT2D eigenvalue weighted by Crippen LogP contribution is 2.21. The number of hydrogen-bond acceptors (Lipinski definition) is 5. The van der Waals surface area contributed by atoms with Crippen molar-refractivity contribution in [1.82, 2.24) is 5.32 Å². The molecule has 7 nitrogen and oxygen atoms in total. The average Bonchev–Trinajstić information content (AvgIpc) is 2.71. The second-order valence-corrected chi connectivity index (χ2v) is 7.02. The number of rotatable bonds is 11. The van der Waals surface area contributed by atoms with E-state index in [0.29, 0.717) is 12.1 Å². The van der Waals surface area contributed by atoms with E-state index in [1.54, 1.807) is 30.3 Å². The maximum absolute atomic E-state index is 12.9. The second-order valence-electron chi connectivity index (χ2n) is 6.65. The van der Waals surface area contributed by atoms with Gasteiger partial charge in [-0.05, 0) is 24.1 Å². The van der Waals surface area contributed by atoms with Gasteiger partial charge in [-0.25, -0.2) is 4.79 Å². The van der Waals surface area contributed by atoms with E-state index >= 15 is 0 Å². The monoisotopic (exact) mass is 416 g/mol. The Balaban J connectivity index is 2.26. The highest BCUT2D eigenvalue weighted by molar-refractivity contribution is 7.80. The van der Waals surface area contributed by atoms with Crippen molar-refractivity contribution in [1.29, 1.82) is 0 Å². The predicted octanol–water partition coefficient (Wildman–Crippen LogP) is 2.65. The molecule has 0 radical (unpaired) electrons. The number of hydrogen-bond donors (Lipinski definition) is 5. The van der Waals surface area contributed by atoms with E-state index in [2.05, 4.69) is 23.3 Å². The summed E-state index contributed by atoms with van der Waals surface area (Å²) in [6.07, 6.45) is -0.379. The standard InChI is InChI=1S/C21H24N2O5S/c24-18(25)11-12-21(20(27)28,22-17-9-5-2-6-10-17)23-19(26)16(14-29)13-15-7-3-1-4-8-15/h1-10,16,22,29H,11-14H2,(H,23,26)(H,24,25)(H,27,28)/t16-,21+/m1/s1. The number of carboxylic acid groups (broad SMARTS) is 2. The Bertz CT molecular complexity index is 831. The van der Waals surface area contributed by atoms with E-state index in [-0.39, 0.29) is 12.2 Å². The number of benzene rings is 2. The lowest BCUT2D eigenvalue weighted by Crippen LogP contribution is -2.61. The van der Waals surface area contributed by atoms with Gasteiger partial charge >= 0.3 is 11.9 Å². The van der Waals surface area contributed by atoms with Crippen LogP contribution in [0.2, 0.25) is 0 Å². The molecule has 4 N–H and O–H groups in total. The van der Waals surface area contributed by atoms with Gasteiger partial charge in [-0.3, -0.25) is 9.59 Å². The quantitative estimate of drug-likeness (QED) is 0.284. The van der Waals surface area contributed by atoms with Gasteiger partial charge < -0.3 is 20.8 Å². The summed E-state index contributed by atoms with van der Waals surface area (Å²) in [5.74, 6) is -3.41. The molecule has 2 rings (SSSR count). The van der Waals surface area contributed by atoms with Crippen molar-refractivity contribution < 1.29 is 24.6 Å². The summed E-state index contributed by atoms with van der Waals surface area (Å²) in [5, 5.41) is 24.3. The summed E-state index contributed by atoms with van der Waals surface area (Å²) in [5.41, 5.74) is -0.593. The number of nitrogens with one attached hydrogen (secondary N) is 2. The van der Waals surface area contributed by atoms with Gasteiger partial charge in [-0.1, -0.05) is 48.5 Å². The zero-order chi connectivity index (χ0) is 21.3. The maximum atomic E-state index is 12.9. The van der Waals surface area contributed by atoms with Gasteiger partial charge in [-0.2, -0.15) is 12.6 Å². The molecule has 0 unspecified atom stereocenters. The number of amides is 1. The molecule has 8 heteroatoms. The molecule has 0 heterocycles. The number of carbonyl (C=O) groups excluding carboxylic acids is 1. The number of aliphatic carboxylic acids is 2. The number of para-hydroxylation sites is 1. The largest absolute Gasteiger partial charge is 0.481 e. The molecule has 29 heavy (non-hydrogen) atoms. The Morgan fingerprint density at radius 2 is 1.55 bits per heavy atom. The lowest BCUT2D eigenvalue weighted by atomic mass is 9.97. The van der Waals surface area contributed by atoms with E-state index in [1.807, 2.05) is 30.3 Å². The Morgan fingerprint density at radius 1 is 0.966 bits per heavy atom. The summed E-state index contributed by atoms with van der Waals surface area (Å²) in [4.78, 5) is 36.2. The van der Waals surface area contributed by atoms with Crippen LogP contribution in [0.5, 0.6) is 0 Å². The van der Waals surface area contributed by atoms with Crippen LogP contribution < -0.4 is 10.6 Å². The lowest BCUT2D eigenvalue weighted by Gasteiger charge is -2.33. The molecule has 0 aliphatic heterocycles. The van der Waals surface area contributed by atoms with E-state index in [0.717, 1.165) is 5.56 Å². The summed E-state index contributed by atoms with van der Waals surface area (Å²) >= 11 is 4.25. The fourth-order valence-corrected chi connectivity index (χ4v) is 3.18. The van der Waals surface area contributed by atoms with Crippen LogP contribution in [0.4, 0.5) is 5.69 Å². The van der Waals surface area contributed by atoms with Crippen molar-refractivity contribution in [3.63, 3.8) is 0 Å². The van der Waals surface area contributed by atoms with Crippen LogP contribution in [-0.2, 0) is 20.8 Å². The first-order valence-corrected chi connectivity index (χ1v) is 9.75. The van der Waals surface area contributed by atoms with Crippen molar-refractivity contribution in [3.05, 3.63) is 66.2 Å². The van der Waals surface area contributed by atoms with Crippen molar-refractivity contribution in [2.45, 2.75) is 24.9 Å². The van der Waals surface area contributed by atoms with Crippen molar-refractivity contribution >= 4 is 36.2 Å². The van der Waals surface area contributed by atoms with Crippen LogP contribution in [0.1, 0.15) is 18.4 Å². The molecule has 0 aliphatic carbocycles. The molecule has 0 aromatic heterocycles. The highest BCUT2D eigenvalue weighted by Gasteiger charge is 2.41. The lowest BCUT2D eigenvalue weighted by molar-refractivity contribution is -0.148. The predicted molar refractivity (Wildman–Crippen MR) is 113 cm³/mol. The van der Waals surface area contributed by atoms with Crippen LogP contribution in [0.25, 0.3) is 0 Å². The Hall–Kier alpha value is -3.00. The van der Waals surface area contributed by atoms with Crippen LogP contribution in [0.3, 0.4) is 0 Å². The molecule has 2 aromatic rings. The summed E-state index contributed by atoms with van der Waals surface area (Å²) in [6, 6.07) is 17.8. The third-order valence-corrected chi connectivity index (χ3v) is 4.90. The number of thiol groups is 1. The summed E-state index contributed by atoms with van der Waals surface area (Å²) < 4.78 is 0. The van der Waals surface area contributed by atoms with Gasteiger partial charge in [-0.15, -0.1) is 0 Å². The normalized spacial score (nSPS) is 13.7. The molecule has 2 aromatic carbocycles. The minimum atomic E-state index is -1.96. The second kappa shape index (κ2) is 10.5. The molecule has 1 amide bonds. The molecule has 0 fully saturated rings. The molecule has 0 saturated heterocycles. The van der Waals surface area contributed by atoms with Crippen LogP contribution in [-0.4, -0.2) is 39.5 Å². The molecule has 0 bridgehead atoms. The van der Waals surface area contributed by atoms with Crippen molar-refractivity contribution in [2.75, 3.05) is 11.1 Å². The van der Waals surface area contributed by atoms with Crippen molar-refractivity contribution in [2.24, 2.45) is 5.92 Å². The minimum Gasteiger partial charge on any atom is -0.481 e. The van der Waals surface area contributed by atoms with Crippen molar-refractivity contribution in [3.8, 4) is 0 Å². The van der Waals surface area contributed by atoms with Gasteiger partial charge in [0, 0.05) is 24.3 Å². The van der Waals surface area contributed by atoms with E-state index < -0.39 is 35.8 Å². The third kappa shape index (κ3) is 6.53. The molecular weight excluding hydrogens is 392 g/mol. The van der Waals surface area contributed by atoms with Crippen LogP contribution in [0, 0.1) is 5.92 Å². The average molecular weight is 416 g/mol. The summed E-state index contributed by atoms with van der Waals surface area (Å²) in [6.45, 7) is 0. The molecule has 0 aliphatic rings. The van der Waals surface area contributed by atoms with Gasteiger partial charge in [0.15, 0.2) is 0 Å². The molecule has 0 saturated carbocycles. The van der Waals surface area contributed by atoms with Gasteiger partial charge in [0.2, 0.25) is 11.6 Å². The van der Waals surface area contributed by atoms with E-state index in [1.165, 1.54) is 0 Å². The Morgan fingerprint density at radius 3 is 2.07 bits per heavy atom. The SMILES string of the molecule is O=C(O)CC[C@@](NC(=O)[C@@H](CS)Cc1ccccc1)(Nc1ccccc1)C(=O)O. The minimum absolute atomic E-state index is 0.209. The number of carbonyl (C=O) groups is 3. The van der Waals surface area contributed by atoms with Gasteiger partial charge in [0.1, 0.15) is 0 Å². The van der Waals surface area contributed by atoms with E-state index in [4.69, 9.17) is 5.11 Å². The first-order valence-electron chi connectivity index (χ1n) is 9.11. The third-order valence-electron chi connectivity index (χ3n) is 4.46. The van der Waals surface area contributed by atoms with E-state index in [9.17, 15) is 19.5 Å². The molecular formula is C21H24N2O5S. The highest BCUT2D eigenvalue weighted by atomic mass is 32.1. The zero-order valence-corrected chi connectivity index (χ0v) is 16.6. The smallest absolute Gasteiger partial charge is 0.350 e. The zero-order valence-electron chi connectivity index (χ0n) is 15.7. The first kappa shape index (κ1) is 22.3.